The molecule has 0 aliphatic carbocycles. The van der Waals surface area contributed by atoms with Gasteiger partial charge in [-0.1, -0.05) is 53.2 Å². The van der Waals surface area contributed by atoms with Crippen molar-refractivity contribution in [1.29, 1.82) is 0 Å². The van der Waals surface area contributed by atoms with E-state index >= 15 is 0 Å². The van der Waals surface area contributed by atoms with Gasteiger partial charge in [-0.05, 0) is 49.2 Å². The molecule has 0 saturated carbocycles. The summed E-state index contributed by atoms with van der Waals surface area (Å²) in [6.45, 7) is 2.11. The van der Waals surface area contributed by atoms with Gasteiger partial charge >= 0.3 is 0 Å². The molecule has 3 N–H and O–H groups in total. The highest BCUT2D eigenvalue weighted by molar-refractivity contribution is 7.89. The molecule has 3 aromatic carbocycles. The van der Waals surface area contributed by atoms with Gasteiger partial charge in [0.25, 0.3) is 5.89 Å². The topological polar surface area (TPSA) is 145 Å². The fourth-order valence-corrected chi connectivity index (χ4v) is 4.81. The van der Waals surface area contributed by atoms with Crippen molar-refractivity contribution in [2.24, 2.45) is 5.14 Å². The van der Waals surface area contributed by atoms with Crippen LogP contribution in [0.4, 0.5) is 0 Å². The zero-order valence-corrected chi connectivity index (χ0v) is 19.8. The van der Waals surface area contributed by atoms with E-state index in [0.29, 0.717) is 17.8 Å². The largest absolute Gasteiger partial charge is 0.334 e. The van der Waals surface area contributed by atoms with Gasteiger partial charge in [-0.2, -0.15) is 4.98 Å². The van der Waals surface area contributed by atoms with E-state index in [1.807, 2.05) is 31.2 Å². The summed E-state index contributed by atoms with van der Waals surface area (Å²) in [6, 6.07) is 19.9. The molecule has 0 atom stereocenters. The fraction of sp³-hybridized carbons (Fsp3) is 0.130. The predicted octanol–water partition coefficient (Wildman–Crippen LogP) is 2.88. The van der Waals surface area contributed by atoms with E-state index in [0.717, 1.165) is 16.7 Å². The van der Waals surface area contributed by atoms with Crippen LogP contribution in [0.3, 0.4) is 0 Å². The van der Waals surface area contributed by atoms with E-state index in [9.17, 15) is 16.8 Å². The quantitative estimate of drug-likeness (QED) is 0.380. The van der Waals surface area contributed by atoms with Crippen LogP contribution in [0.5, 0.6) is 0 Å². The third-order valence-corrected chi connectivity index (χ3v) is 7.47. The van der Waals surface area contributed by atoms with Crippen LogP contribution in [0.15, 0.2) is 87.1 Å². The third-order valence-electron chi connectivity index (χ3n) is 5.08. The maximum Gasteiger partial charge on any atom is 0.258 e. The summed E-state index contributed by atoms with van der Waals surface area (Å²) in [5.74, 6) is 0.623. The first-order valence-electron chi connectivity index (χ1n) is 10.2. The molecule has 9 nitrogen and oxygen atoms in total. The summed E-state index contributed by atoms with van der Waals surface area (Å²) in [6.07, 6.45) is 0.368. The van der Waals surface area contributed by atoms with Crippen molar-refractivity contribution in [3.63, 3.8) is 0 Å². The lowest BCUT2D eigenvalue weighted by atomic mass is 10.1. The highest BCUT2D eigenvalue weighted by Gasteiger charge is 2.17. The number of sulfonamides is 2. The van der Waals surface area contributed by atoms with E-state index in [4.69, 9.17) is 9.66 Å². The van der Waals surface area contributed by atoms with Crippen LogP contribution in [0, 0.1) is 6.92 Å². The first kappa shape index (κ1) is 23.8. The van der Waals surface area contributed by atoms with E-state index in [-0.39, 0.29) is 22.2 Å². The van der Waals surface area contributed by atoms with Gasteiger partial charge in [-0.3, -0.25) is 0 Å². The summed E-state index contributed by atoms with van der Waals surface area (Å²) >= 11 is 0. The summed E-state index contributed by atoms with van der Waals surface area (Å²) in [7, 11) is -7.57. The van der Waals surface area contributed by atoms with Crippen LogP contribution in [-0.2, 0) is 26.5 Å². The van der Waals surface area contributed by atoms with Crippen LogP contribution < -0.4 is 9.86 Å². The Morgan fingerprint density at radius 3 is 2.26 bits per heavy atom. The van der Waals surface area contributed by atoms with E-state index in [2.05, 4.69) is 14.9 Å². The minimum atomic E-state index is -3.80. The molecular formula is C23H22N4O5S2. The van der Waals surface area contributed by atoms with Crippen molar-refractivity contribution in [3.8, 4) is 22.8 Å². The molecule has 0 spiro atoms. The van der Waals surface area contributed by atoms with Crippen LogP contribution in [0.2, 0.25) is 0 Å². The van der Waals surface area contributed by atoms with Crippen molar-refractivity contribution in [1.82, 2.24) is 14.9 Å². The molecule has 4 rings (SSSR count). The van der Waals surface area contributed by atoms with Crippen LogP contribution in [0.1, 0.15) is 11.1 Å². The molecule has 0 amide bonds. The molecule has 1 heterocycles. The van der Waals surface area contributed by atoms with Gasteiger partial charge in [0.05, 0.1) is 9.79 Å². The number of hydrogen-bond donors (Lipinski definition) is 2. The van der Waals surface area contributed by atoms with Gasteiger partial charge in [0.15, 0.2) is 0 Å². The molecule has 1 aromatic heterocycles. The maximum atomic E-state index is 12.8. The zero-order chi connectivity index (χ0) is 24.3. The summed E-state index contributed by atoms with van der Waals surface area (Å²) in [5, 5.41) is 9.08. The predicted molar refractivity (Wildman–Crippen MR) is 127 cm³/mol. The number of rotatable bonds is 8. The zero-order valence-electron chi connectivity index (χ0n) is 18.2. The molecule has 0 aliphatic rings. The number of primary sulfonamides is 1. The fourth-order valence-electron chi connectivity index (χ4n) is 3.22. The summed E-state index contributed by atoms with van der Waals surface area (Å²) in [5.41, 5.74) is 3.15. The Morgan fingerprint density at radius 2 is 1.59 bits per heavy atom. The average Bonchev–Trinajstić information content (AvgIpc) is 3.30. The van der Waals surface area contributed by atoms with Gasteiger partial charge in [0.2, 0.25) is 25.9 Å². The first-order chi connectivity index (χ1) is 16.1. The Bertz CT molecular complexity index is 1510. The highest BCUT2D eigenvalue weighted by Crippen LogP contribution is 2.24. The molecule has 0 unspecified atom stereocenters. The number of hydrogen-bond acceptors (Lipinski definition) is 7. The Hall–Kier alpha value is -3.38. The first-order valence-corrected chi connectivity index (χ1v) is 13.3. The standard InChI is InChI=1S/C23H22N4O5S2/c1-16-5-9-18(10-6-16)22-26-23(32-27-22)19-3-2-4-21(15-19)34(30,31)25-14-13-17-7-11-20(12-8-17)33(24,28)29/h2-12,15,25H,13-14H2,1H3,(H2,24,28,29). The van der Waals surface area contributed by atoms with Crippen LogP contribution in [-0.4, -0.2) is 33.5 Å². The smallest absolute Gasteiger partial charge is 0.258 e. The van der Waals surface area contributed by atoms with Gasteiger partial charge in [-0.15, -0.1) is 0 Å². The average molecular weight is 499 g/mol. The molecule has 176 valence electrons. The summed E-state index contributed by atoms with van der Waals surface area (Å²) < 4.78 is 56.1. The van der Waals surface area contributed by atoms with E-state index in [1.165, 1.54) is 24.3 Å². The van der Waals surface area contributed by atoms with Crippen molar-refractivity contribution < 1.29 is 21.4 Å². The van der Waals surface area contributed by atoms with Crippen molar-refractivity contribution in [2.75, 3.05) is 6.54 Å². The maximum absolute atomic E-state index is 12.8. The number of aryl methyl sites for hydroxylation is 1. The SMILES string of the molecule is Cc1ccc(-c2noc(-c3cccc(S(=O)(=O)NCCc4ccc(S(N)(=O)=O)cc4)c3)n2)cc1. The Morgan fingerprint density at radius 1 is 0.882 bits per heavy atom. The van der Waals surface area contributed by atoms with Crippen molar-refractivity contribution >= 4 is 20.0 Å². The second-order valence-electron chi connectivity index (χ2n) is 7.65. The van der Waals surface area contributed by atoms with Crippen molar-refractivity contribution in [2.45, 2.75) is 23.1 Å². The van der Waals surface area contributed by atoms with Gasteiger partial charge < -0.3 is 4.52 Å². The molecule has 0 fully saturated rings. The second-order valence-corrected chi connectivity index (χ2v) is 11.0. The summed E-state index contributed by atoms with van der Waals surface area (Å²) in [4.78, 5) is 4.45. The lowest BCUT2D eigenvalue weighted by Crippen LogP contribution is -2.26. The molecule has 34 heavy (non-hydrogen) atoms. The lowest BCUT2D eigenvalue weighted by Gasteiger charge is -2.08. The number of nitrogens with zero attached hydrogens (tertiary/aromatic N) is 2. The van der Waals surface area contributed by atoms with E-state index in [1.54, 1.807) is 24.3 Å². The van der Waals surface area contributed by atoms with Gasteiger partial charge in [0, 0.05) is 17.7 Å². The van der Waals surface area contributed by atoms with Crippen molar-refractivity contribution in [3.05, 3.63) is 83.9 Å². The van der Waals surface area contributed by atoms with Crippen LogP contribution in [0.25, 0.3) is 22.8 Å². The molecular weight excluding hydrogens is 476 g/mol. The second kappa shape index (κ2) is 9.47. The third kappa shape index (κ3) is 5.57. The van der Waals surface area contributed by atoms with Crippen LogP contribution >= 0.6 is 0 Å². The molecule has 0 radical (unpaired) electrons. The minimum absolute atomic E-state index is 0.000191. The molecule has 0 bridgehead atoms. The normalized spacial score (nSPS) is 12.1. The van der Waals surface area contributed by atoms with Gasteiger partial charge in [0.1, 0.15) is 0 Å². The Balaban J connectivity index is 1.45. The number of benzene rings is 3. The lowest BCUT2D eigenvalue weighted by molar-refractivity contribution is 0.432. The highest BCUT2D eigenvalue weighted by atomic mass is 32.2. The number of nitrogens with two attached hydrogens (primary N) is 1. The monoisotopic (exact) mass is 498 g/mol. The Kier molecular flexibility index (Phi) is 6.62. The Labute approximate surface area is 197 Å². The molecule has 0 saturated heterocycles. The number of nitrogens with one attached hydrogen (secondary N) is 1. The minimum Gasteiger partial charge on any atom is -0.334 e. The molecule has 0 aliphatic heterocycles. The number of aromatic nitrogens is 2. The van der Waals surface area contributed by atoms with Gasteiger partial charge in [-0.25, -0.2) is 26.7 Å². The molecule has 4 aromatic rings. The molecule has 11 heteroatoms. The van der Waals surface area contributed by atoms with E-state index < -0.39 is 20.0 Å².